The maximum Gasteiger partial charge on any atom is 0.243 e. The minimum atomic E-state index is -3.57. The summed E-state index contributed by atoms with van der Waals surface area (Å²) in [6.45, 7) is 1.87. The number of hydrogen-bond donors (Lipinski definition) is 2. The lowest BCUT2D eigenvalue weighted by molar-refractivity contribution is -0.134. The van der Waals surface area contributed by atoms with Gasteiger partial charge in [0.05, 0.1) is 24.7 Å². The normalized spacial score (nSPS) is 20.2. The molecule has 3 rings (SSSR count). The Bertz CT molecular complexity index is 746. The van der Waals surface area contributed by atoms with Crippen LogP contribution in [0.5, 0.6) is 0 Å². The first-order valence-corrected chi connectivity index (χ1v) is 9.72. The van der Waals surface area contributed by atoms with E-state index in [1.807, 2.05) is 6.07 Å². The van der Waals surface area contributed by atoms with Gasteiger partial charge in [-0.1, -0.05) is 6.07 Å². The van der Waals surface area contributed by atoms with Gasteiger partial charge in [-0.05, 0) is 29.7 Å². The molecule has 2 aliphatic rings. The average molecular weight is 369 g/mol. The summed E-state index contributed by atoms with van der Waals surface area (Å²) in [5.41, 5.74) is 7.44. The molecule has 8 nitrogen and oxygen atoms in total. The second-order valence-electron chi connectivity index (χ2n) is 6.25. The van der Waals surface area contributed by atoms with Crippen LogP contribution in [0.1, 0.15) is 11.1 Å². The molecule has 0 saturated carbocycles. The van der Waals surface area contributed by atoms with Crippen molar-refractivity contribution in [2.24, 2.45) is 5.73 Å². The molecule has 25 heavy (non-hydrogen) atoms. The van der Waals surface area contributed by atoms with Gasteiger partial charge in [0.2, 0.25) is 15.9 Å². The number of aliphatic hydroxyl groups is 1. The molecule has 1 amide bonds. The van der Waals surface area contributed by atoms with Crippen molar-refractivity contribution in [1.29, 1.82) is 0 Å². The Balaban J connectivity index is 1.83. The fourth-order valence-electron chi connectivity index (χ4n) is 3.13. The van der Waals surface area contributed by atoms with E-state index in [-0.39, 0.29) is 10.8 Å². The molecule has 0 bridgehead atoms. The molecule has 1 aromatic carbocycles. The van der Waals surface area contributed by atoms with Gasteiger partial charge in [-0.15, -0.1) is 0 Å². The third-order valence-corrected chi connectivity index (χ3v) is 6.52. The molecule has 2 aliphatic heterocycles. The van der Waals surface area contributed by atoms with Crippen LogP contribution < -0.4 is 5.73 Å². The van der Waals surface area contributed by atoms with E-state index in [0.29, 0.717) is 45.8 Å². The number of fused-ring (bicyclic) bond motifs is 1. The number of amides is 1. The second kappa shape index (κ2) is 7.38. The topological polar surface area (TPSA) is 113 Å². The van der Waals surface area contributed by atoms with Gasteiger partial charge < -0.3 is 20.5 Å². The van der Waals surface area contributed by atoms with Crippen molar-refractivity contribution in [3.63, 3.8) is 0 Å². The predicted molar refractivity (Wildman–Crippen MR) is 90.2 cm³/mol. The van der Waals surface area contributed by atoms with Crippen molar-refractivity contribution >= 4 is 15.9 Å². The Labute approximate surface area is 147 Å². The summed E-state index contributed by atoms with van der Waals surface area (Å²) in [6.07, 6.45) is 0.636. The van der Waals surface area contributed by atoms with E-state index >= 15 is 0 Å². The van der Waals surface area contributed by atoms with Gasteiger partial charge in [-0.2, -0.15) is 4.31 Å². The minimum Gasteiger partial charge on any atom is -0.394 e. The standard InChI is InChI=1S/C16H23N3O5S/c17-15(11-20)16(21)18-4-3-12-1-2-14(9-13(12)10-18)25(22,23)19-5-7-24-8-6-19/h1-2,9,15,20H,3-8,10-11,17H2/t15-/m0/s1. The number of carbonyl (C=O) groups excluding carboxylic acids is 1. The molecule has 1 atom stereocenters. The maximum atomic E-state index is 12.8. The van der Waals surface area contributed by atoms with Crippen molar-refractivity contribution < 1.29 is 23.1 Å². The Morgan fingerprint density at radius 3 is 2.64 bits per heavy atom. The van der Waals surface area contributed by atoms with Crippen LogP contribution in [0, 0.1) is 0 Å². The molecule has 1 fully saturated rings. The number of rotatable bonds is 4. The number of nitrogens with zero attached hydrogens (tertiary/aromatic N) is 2. The lowest BCUT2D eigenvalue weighted by Crippen LogP contribution is -2.47. The summed E-state index contributed by atoms with van der Waals surface area (Å²) in [6, 6.07) is 4.14. The monoisotopic (exact) mass is 369 g/mol. The summed E-state index contributed by atoms with van der Waals surface area (Å²) in [4.78, 5) is 14.0. The molecule has 0 unspecified atom stereocenters. The van der Waals surface area contributed by atoms with Crippen molar-refractivity contribution in [2.45, 2.75) is 23.9 Å². The Kier molecular flexibility index (Phi) is 5.40. The molecule has 3 N–H and O–H groups in total. The summed E-state index contributed by atoms with van der Waals surface area (Å²) in [5, 5.41) is 9.06. The zero-order valence-electron chi connectivity index (χ0n) is 13.9. The first kappa shape index (κ1) is 18.3. The summed E-state index contributed by atoms with van der Waals surface area (Å²) < 4.78 is 32.2. The first-order chi connectivity index (χ1) is 11.9. The largest absolute Gasteiger partial charge is 0.394 e. The smallest absolute Gasteiger partial charge is 0.243 e. The number of ether oxygens (including phenoxy) is 1. The highest BCUT2D eigenvalue weighted by molar-refractivity contribution is 7.89. The Hall–Kier alpha value is -1.52. The number of nitrogens with two attached hydrogens (primary N) is 1. The Morgan fingerprint density at radius 2 is 1.96 bits per heavy atom. The van der Waals surface area contributed by atoms with Crippen molar-refractivity contribution in [3.05, 3.63) is 29.3 Å². The van der Waals surface area contributed by atoms with Gasteiger partial charge >= 0.3 is 0 Å². The molecular weight excluding hydrogens is 346 g/mol. The number of benzene rings is 1. The number of carbonyl (C=O) groups is 1. The number of hydrogen-bond acceptors (Lipinski definition) is 6. The van der Waals surface area contributed by atoms with Crippen LogP contribution in [0.25, 0.3) is 0 Å². The predicted octanol–water partition coefficient (Wildman–Crippen LogP) is -1.09. The number of sulfonamides is 1. The quantitative estimate of drug-likeness (QED) is 0.697. The summed E-state index contributed by atoms with van der Waals surface area (Å²) >= 11 is 0. The summed E-state index contributed by atoms with van der Waals surface area (Å²) in [7, 11) is -3.57. The van der Waals surface area contributed by atoms with E-state index in [9.17, 15) is 13.2 Å². The van der Waals surface area contributed by atoms with Crippen LogP contribution in [0.15, 0.2) is 23.1 Å². The average Bonchev–Trinajstić information content (AvgIpc) is 2.66. The van der Waals surface area contributed by atoms with Gasteiger partial charge in [0, 0.05) is 26.2 Å². The Morgan fingerprint density at radius 1 is 1.24 bits per heavy atom. The lowest BCUT2D eigenvalue weighted by Gasteiger charge is -2.31. The third kappa shape index (κ3) is 3.70. The maximum absolute atomic E-state index is 12.8. The number of aliphatic hydroxyl groups excluding tert-OH is 1. The van der Waals surface area contributed by atoms with E-state index in [1.165, 1.54) is 4.31 Å². The van der Waals surface area contributed by atoms with E-state index in [0.717, 1.165) is 11.1 Å². The molecule has 0 radical (unpaired) electrons. The molecular formula is C16H23N3O5S. The molecule has 0 aliphatic carbocycles. The zero-order valence-corrected chi connectivity index (χ0v) is 14.7. The van der Waals surface area contributed by atoms with Crippen molar-refractivity contribution in [3.8, 4) is 0 Å². The third-order valence-electron chi connectivity index (χ3n) is 4.62. The van der Waals surface area contributed by atoms with Crippen molar-refractivity contribution in [1.82, 2.24) is 9.21 Å². The first-order valence-electron chi connectivity index (χ1n) is 8.28. The van der Waals surface area contributed by atoms with Gasteiger partial charge in [-0.3, -0.25) is 4.79 Å². The van der Waals surface area contributed by atoms with Crippen LogP contribution in [-0.2, 0) is 32.5 Å². The van der Waals surface area contributed by atoms with Crippen LogP contribution in [0.4, 0.5) is 0 Å². The van der Waals surface area contributed by atoms with Gasteiger partial charge in [-0.25, -0.2) is 8.42 Å². The molecule has 138 valence electrons. The van der Waals surface area contributed by atoms with E-state index in [1.54, 1.807) is 17.0 Å². The molecule has 0 aromatic heterocycles. The highest BCUT2D eigenvalue weighted by Gasteiger charge is 2.29. The highest BCUT2D eigenvalue weighted by atomic mass is 32.2. The van der Waals surface area contributed by atoms with Crippen LogP contribution in [0.3, 0.4) is 0 Å². The fourth-order valence-corrected chi connectivity index (χ4v) is 4.59. The van der Waals surface area contributed by atoms with Gasteiger partial charge in [0.15, 0.2) is 0 Å². The molecule has 1 saturated heterocycles. The van der Waals surface area contributed by atoms with Gasteiger partial charge in [0.25, 0.3) is 0 Å². The second-order valence-corrected chi connectivity index (χ2v) is 8.18. The van der Waals surface area contributed by atoms with Crippen LogP contribution >= 0.6 is 0 Å². The van der Waals surface area contributed by atoms with E-state index < -0.39 is 22.7 Å². The lowest BCUT2D eigenvalue weighted by atomic mass is 9.99. The minimum absolute atomic E-state index is 0.230. The SMILES string of the molecule is N[C@@H](CO)C(=O)N1CCc2ccc(S(=O)(=O)N3CCOCC3)cc2C1. The van der Waals surface area contributed by atoms with E-state index in [4.69, 9.17) is 15.6 Å². The highest BCUT2D eigenvalue weighted by Crippen LogP contribution is 2.25. The molecule has 2 heterocycles. The number of morpholine rings is 1. The van der Waals surface area contributed by atoms with Gasteiger partial charge in [0.1, 0.15) is 6.04 Å². The van der Waals surface area contributed by atoms with Crippen LogP contribution in [0.2, 0.25) is 0 Å². The molecule has 0 spiro atoms. The fraction of sp³-hybridized carbons (Fsp3) is 0.562. The zero-order chi connectivity index (χ0) is 18.0. The van der Waals surface area contributed by atoms with E-state index in [2.05, 4.69) is 0 Å². The van der Waals surface area contributed by atoms with Crippen LogP contribution in [-0.4, -0.2) is 74.1 Å². The van der Waals surface area contributed by atoms with Crippen molar-refractivity contribution in [2.75, 3.05) is 39.5 Å². The molecule has 1 aromatic rings. The molecule has 9 heteroatoms. The summed E-state index contributed by atoms with van der Waals surface area (Å²) in [5.74, 6) is -0.324.